The van der Waals surface area contributed by atoms with Crippen LogP contribution in [0.1, 0.15) is 70.1 Å². The van der Waals surface area contributed by atoms with Gasteiger partial charge in [0, 0.05) is 17.5 Å². The van der Waals surface area contributed by atoms with Crippen molar-refractivity contribution in [3.63, 3.8) is 0 Å². The van der Waals surface area contributed by atoms with Gasteiger partial charge < -0.3 is 19.9 Å². The number of amides is 2. The molecule has 2 amide bonds. The number of aromatic nitrogens is 3. The molecule has 0 radical (unpaired) electrons. The van der Waals surface area contributed by atoms with Crippen molar-refractivity contribution in [2.75, 3.05) is 11.9 Å². The summed E-state index contributed by atoms with van der Waals surface area (Å²) < 4.78 is 20.4. The minimum absolute atomic E-state index is 0.0869. The standard InChI is InChI=1S/C26H30FN5O4S2/c1-4-36-25(35)21-18-11-6-5-7-12-19(18)38-24(21)29-22(33)15(2)37-26-31-30-20(32(26)3)14-28-23(34)16-9-8-10-17(27)13-16/h8-10,13,15H,4-7,11-12,14H2,1-3H3,(H,28,34)(H,29,33)/t15-/m1/s1. The number of ether oxygens (including phenoxy) is 1. The zero-order chi connectivity index (χ0) is 27.2. The van der Waals surface area contributed by atoms with Crippen LogP contribution in [-0.4, -0.2) is 44.4 Å². The Morgan fingerprint density at radius 3 is 2.76 bits per heavy atom. The van der Waals surface area contributed by atoms with Gasteiger partial charge in [0.1, 0.15) is 10.8 Å². The molecule has 9 nitrogen and oxygen atoms in total. The number of aryl methyl sites for hydroxylation is 1. The number of nitrogens with one attached hydrogen (secondary N) is 2. The van der Waals surface area contributed by atoms with Gasteiger partial charge in [0.05, 0.1) is 24.0 Å². The summed E-state index contributed by atoms with van der Waals surface area (Å²) in [7, 11) is 1.74. The highest BCUT2D eigenvalue weighted by molar-refractivity contribution is 8.00. The number of fused-ring (bicyclic) bond motifs is 1. The maximum Gasteiger partial charge on any atom is 0.341 e. The van der Waals surface area contributed by atoms with Gasteiger partial charge in [0.2, 0.25) is 5.91 Å². The van der Waals surface area contributed by atoms with Crippen molar-refractivity contribution in [1.29, 1.82) is 0 Å². The quantitative estimate of drug-likeness (QED) is 0.225. The molecule has 12 heteroatoms. The Kier molecular flexibility index (Phi) is 9.16. The molecule has 1 aromatic carbocycles. The van der Waals surface area contributed by atoms with E-state index in [1.54, 1.807) is 25.5 Å². The van der Waals surface area contributed by atoms with E-state index in [2.05, 4.69) is 20.8 Å². The molecule has 2 N–H and O–H groups in total. The number of esters is 1. The van der Waals surface area contributed by atoms with E-state index >= 15 is 0 Å². The van der Waals surface area contributed by atoms with E-state index in [-0.39, 0.29) is 24.6 Å². The fraction of sp³-hybridized carbons (Fsp3) is 0.423. The number of nitrogens with zero attached hydrogens (tertiary/aromatic N) is 3. The normalized spacial score (nSPS) is 13.8. The number of rotatable bonds is 9. The Labute approximate surface area is 228 Å². The van der Waals surface area contributed by atoms with Gasteiger partial charge in [-0.2, -0.15) is 0 Å². The maximum absolute atomic E-state index is 13.4. The highest BCUT2D eigenvalue weighted by Crippen LogP contribution is 2.38. The van der Waals surface area contributed by atoms with E-state index in [0.29, 0.717) is 21.5 Å². The summed E-state index contributed by atoms with van der Waals surface area (Å²) in [6, 6.07) is 5.42. The third-order valence-electron chi connectivity index (χ3n) is 6.21. The van der Waals surface area contributed by atoms with Gasteiger partial charge in [0.25, 0.3) is 5.91 Å². The van der Waals surface area contributed by atoms with Gasteiger partial charge in [-0.3, -0.25) is 9.59 Å². The SMILES string of the molecule is CCOC(=O)c1c(NC(=O)[C@@H](C)Sc2nnc(CNC(=O)c3cccc(F)c3)n2C)sc2c1CCCCC2. The average Bonchev–Trinajstić information content (AvgIpc) is 3.31. The van der Waals surface area contributed by atoms with Crippen LogP contribution >= 0.6 is 23.1 Å². The molecule has 0 saturated heterocycles. The van der Waals surface area contributed by atoms with Gasteiger partial charge in [0.15, 0.2) is 11.0 Å². The number of halogens is 1. The fourth-order valence-electron chi connectivity index (χ4n) is 4.17. The molecule has 1 aliphatic rings. The van der Waals surface area contributed by atoms with Crippen molar-refractivity contribution in [3.05, 3.63) is 57.5 Å². The molecule has 202 valence electrons. The predicted molar refractivity (Wildman–Crippen MR) is 144 cm³/mol. The highest BCUT2D eigenvalue weighted by Gasteiger charge is 2.28. The number of carbonyl (C=O) groups is 3. The lowest BCUT2D eigenvalue weighted by Gasteiger charge is -2.12. The monoisotopic (exact) mass is 559 g/mol. The molecule has 1 atom stereocenters. The van der Waals surface area contributed by atoms with E-state index in [4.69, 9.17) is 4.74 Å². The Hall–Kier alpha value is -3.25. The van der Waals surface area contributed by atoms with Gasteiger partial charge >= 0.3 is 5.97 Å². The van der Waals surface area contributed by atoms with Crippen LogP contribution in [0, 0.1) is 5.82 Å². The largest absolute Gasteiger partial charge is 0.462 e. The summed E-state index contributed by atoms with van der Waals surface area (Å²) in [6.07, 6.45) is 4.88. The van der Waals surface area contributed by atoms with Crippen LogP contribution in [-0.2, 0) is 36.0 Å². The molecule has 0 saturated carbocycles. The first-order valence-corrected chi connectivity index (χ1v) is 14.2. The van der Waals surface area contributed by atoms with Crippen LogP contribution in [0.3, 0.4) is 0 Å². The second kappa shape index (κ2) is 12.5. The molecule has 38 heavy (non-hydrogen) atoms. The molecular weight excluding hydrogens is 529 g/mol. The summed E-state index contributed by atoms with van der Waals surface area (Å²) in [5.41, 5.74) is 1.69. The first kappa shape index (κ1) is 27.8. The summed E-state index contributed by atoms with van der Waals surface area (Å²) in [5.74, 6) is -1.10. The lowest BCUT2D eigenvalue weighted by molar-refractivity contribution is -0.115. The van der Waals surface area contributed by atoms with Crippen molar-refractivity contribution in [1.82, 2.24) is 20.1 Å². The number of hydrogen-bond donors (Lipinski definition) is 2. The summed E-state index contributed by atoms with van der Waals surface area (Å²) in [6.45, 7) is 3.87. The molecule has 0 aliphatic heterocycles. The van der Waals surface area contributed by atoms with Crippen LogP contribution in [0.5, 0.6) is 0 Å². The molecule has 4 rings (SSSR count). The third kappa shape index (κ3) is 6.41. The molecule has 3 aromatic rings. The summed E-state index contributed by atoms with van der Waals surface area (Å²) in [5, 5.41) is 14.4. The number of thiophene rings is 1. The van der Waals surface area contributed by atoms with E-state index < -0.39 is 22.9 Å². The molecule has 0 bridgehead atoms. The molecule has 0 unspecified atom stereocenters. The van der Waals surface area contributed by atoms with Gasteiger partial charge in [-0.15, -0.1) is 21.5 Å². The van der Waals surface area contributed by atoms with Gasteiger partial charge in [-0.1, -0.05) is 24.2 Å². The molecule has 2 heterocycles. The zero-order valence-corrected chi connectivity index (χ0v) is 23.1. The molecule has 1 aliphatic carbocycles. The van der Waals surface area contributed by atoms with Crippen molar-refractivity contribution in [3.8, 4) is 0 Å². The average molecular weight is 560 g/mol. The Bertz CT molecular complexity index is 1340. The van der Waals surface area contributed by atoms with E-state index in [1.165, 1.54) is 41.3 Å². The van der Waals surface area contributed by atoms with Crippen LogP contribution in [0.2, 0.25) is 0 Å². The number of anilines is 1. The number of thioether (sulfide) groups is 1. The fourth-order valence-corrected chi connectivity index (χ4v) is 6.28. The Morgan fingerprint density at radius 1 is 1.21 bits per heavy atom. The molecule has 0 spiro atoms. The lowest BCUT2D eigenvalue weighted by atomic mass is 10.1. The minimum Gasteiger partial charge on any atom is -0.462 e. The third-order valence-corrected chi connectivity index (χ3v) is 8.55. The van der Waals surface area contributed by atoms with E-state index in [9.17, 15) is 18.8 Å². The molecule has 0 fully saturated rings. The van der Waals surface area contributed by atoms with Crippen LogP contribution in [0.4, 0.5) is 9.39 Å². The first-order valence-electron chi connectivity index (χ1n) is 12.5. The van der Waals surface area contributed by atoms with Crippen molar-refractivity contribution >= 4 is 45.9 Å². The second-order valence-corrected chi connectivity index (χ2v) is 11.3. The topological polar surface area (TPSA) is 115 Å². The lowest BCUT2D eigenvalue weighted by Crippen LogP contribution is -2.25. The number of hydrogen-bond acceptors (Lipinski definition) is 8. The van der Waals surface area contributed by atoms with Gasteiger partial charge in [-0.05, 0) is 63.3 Å². The Balaban J connectivity index is 1.41. The number of benzene rings is 1. The molecular formula is C26H30FN5O4S2. The molecule has 2 aromatic heterocycles. The van der Waals surface area contributed by atoms with Gasteiger partial charge in [-0.25, -0.2) is 9.18 Å². The van der Waals surface area contributed by atoms with Crippen molar-refractivity contribution < 1.29 is 23.5 Å². The predicted octanol–water partition coefficient (Wildman–Crippen LogP) is 4.51. The summed E-state index contributed by atoms with van der Waals surface area (Å²) >= 11 is 2.68. The second-order valence-electron chi connectivity index (χ2n) is 8.89. The van der Waals surface area contributed by atoms with Crippen LogP contribution in [0.15, 0.2) is 29.4 Å². The minimum atomic E-state index is -0.537. The van der Waals surface area contributed by atoms with Crippen LogP contribution < -0.4 is 10.6 Å². The van der Waals surface area contributed by atoms with E-state index in [0.717, 1.165) is 48.6 Å². The van der Waals surface area contributed by atoms with Crippen molar-refractivity contribution in [2.24, 2.45) is 7.05 Å². The summed E-state index contributed by atoms with van der Waals surface area (Å²) in [4.78, 5) is 39.4. The highest BCUT2D eigenvalue weighted by atomic mass is 32.2. The Morgan fingerprint density at radius 2 is 2.00 bits per heavy atom. The smallest absolute Gasteiger partial charge is 0.341 e. The first-order chi connectivity index (χ1) is 18.3. The number of carbonyl (C=O) groups excluding carboxylic acids is 3. The maximum atomic E-state index is 13.4. The van der Waals surface area contributed by atoms with Crippen LogP contribution in [0.25, 0.3) is 0 Å². The zero-order valence-electron chi connectivity index (χ0n) is 21.5. The van der Waals surface area contributed by atoms with E-state index in [1.807, 2.05) is 0 Å². The van der Waals surface area contributed by atoms with Crippen molar-refractivity contribution in [2.45, 2.75) is 62.9 Å².